The normalized spacial score (nSPS) is 21.1. The molecule has 6 heteroatoms. The number of benzene rings is 1. The van der Waals surface area contributed by atoms with Crippen molar-refractivity contribution in [3.05, 3.63) is 24.3 Å². The second kappa shape index (κ2) is 4.80. The Balaban J connectivity index is 1.57. The summed E-state index contributed by atoms with van der Waals surface area (Å²) in [7, 11) is 0. The third kappa shape index (κ3) is 2.56. The SMILES string of the molecule is O=C(Nc1ccc(OC2COC2)cc1)C1(O)COC1. The van der Waals surface area contributed by atoms with Crippen molar-refractivity contribution < 1.29 is 24.1 Å². The molecule has 0 unspecified atom stereocenters. The van der Waals surface area contributed by atoms with Crippen LogP contribution >= 0.6 is 0 Å². The van der Waals surface area contributed by atoms with Crippen LogP contribution in [-0.4, -0.2) is 49.1 Å². The van der Waals surface area contributed by atoms with E-state index in [0.29, 0.717) is 18.9 Å². The molecule has 1 aromatic carbocycles. The molecule has 6 nitrogen and oxygen atoms in total. The highest BCUT2D eigenvalue weighted by Gasteiger charge is 2.43. The fraction of sp³-hybridized carbons (Fsp3) is 0.462. The highest BCUT2D eigenvalue weighted by Crippen LogP contribution is 2.22. The number of ether oxygens (including phenoxy) is 3. The molecule has 102 valence electrons. The second-order valence-electron chi connectivity index (χ2n) is 4.78. The Hall–Kier alpha value is -1.63. The maximum Gasteiger partial charge on any atom is 0.261 e. The monoisotopic (exact) mass is 265 g/mol. The first-order valence-electron chi connectivity index (χ1n) is 6.12. The lowest BCUT2D eigenvalue weighted by Crippen LogP contribution is -2.58. The van der Waals surface area contributed by atoms with Crippen LogP contribution < -0.4 is 10.1 Å². The summed E-state index contributed by atoms with van der Waals surface area (Å²) in [5.41, 5.74) is -0.777. The third-order valence-electron chi connectivity index (χ3n) is 3.13. The highest BCUT2D eigenvalue weighted by atomic mass is 16.6. The zero-order valence-electron chi connectivity index (χ0n) is 10.3. The molecule has 0 spiro atoms. The van der Waals surface area contributed by atoms with Gasteiger partial charge >= 0.3 is 0 Å². The molecule has 19 heavy (non-hydrogen) atoms. The number of aliphatic hydroxyl groups is 1. The summed E-state index contributed by atoms with van der Waals surface area (Å²) in [6.07, 6.45) is 0.119. The number of amides is 1. The Labute approximate surface area is 110 Å². The van der Waals surface area contributed by atoms with Crippen LogP contribution in [0.4, 0.5) is 5.69 Å². The van der Waals surface area contributed by atoms with Crippen molar-refractivity contribution in [2.45, 2.75) is 11.7 Å². The lowest BCUT2D eigenvalue weighted by molar-refractivity contribution is -0.185. The first-order chi connectivity index (χ1) is 9.16. The van der Waals surface area contributed by atoms with Crippen LogP contribution in [0.3, 0.4) is 0 Å². The molecule has 2 fully saturated rings. The smallest absolute Gasteiger partial charge is 0.261 e. The molecule has 2 aliphatic rings. The number of nitrogens with one attached hydrogen (secondary N) is 1. The molecule has 3 rings (SSSR count). The molecule has 0 radical (unpaired) electrons. The molecule has 0 saturated carbocycles. The molecule has 1 amide bonds. The van der Waals surface area contributed by atoms with E-state index in [4.69, 9.17) is 14.2 Å². The van der Waals surface area contributed by atoms with Crippen LogP contribution in [0, 0.1) is 0 Å². The van der Waals surface area contributed by atoms with Gasteiger partial charge in [-0.3, -0.25) is 4.79 Å². The molecule has 2 heterocycles. The van der Waals surface area contributed by atoms with Crippen molar-refractivity contribution in [1.82, 2.24) is 0 Å². The Morgan fingerprint density at radius 3 is 2.42 bits per heavy atom. The average Bonchev–Trinajstić information content (AvgIpc) is 2.32. The van der Waals surface area contributed by atoms with Gasteiger partial charge in [0.05, 0.1) is 26.4 Å². The number of carbonyl (C=O) groups is 1. The van der Waals surface area contributed by atoms with E-state index in [9.17, 15) is 9.90 Å². The third-order valence-corrected chi connectivity index (χ3v) is 3.13. The summed E-state index contributed by atoms with van der Waals surface area (Å²) >= 11 is 0. The lowest BCUT2D eigenvalue weighted by atomic mass is 10.0. The van der Waals surface area contributed by atoms with Gasteiger partial charge < -0.3 is 24.6 Å². The molecular weight excluding hydrogens is 250 g/mol. The van der Waals surface area contributed by atoms with Crippen molar-refractivity contribution in [3.63, 3.8) is 0 Å². The molecule has 0 bridgehead atoms. The van der Waals surface area contributed by atoms with Gasteiger partial charge in [-0.25, -0.2) is 0 Å². The zero-order valence-corrected chi connectivity index (χ0v) is 10.3. The van der Waals surface area contributed by atoms with Crippen molar-refractivity contribution in [2.75, 3.05) is 31.7 Å². The first kappa shape index (κ1) is 12.4. The van der Waals surface area contributed by atoms with E-state index in [1.165, 1.54) is 0 Å². The molecule has 0 atom stereocenters. The first-order valence-corrected chi connectivity index (χ1v) is 6.12. The van der Waals surface area contributed by atoms with E-state index in [-0.39, 0.29) is 19.3 Å². The van der Waals surface area contributed by atoms with Crippen LogP contribution in [0.1, 0.15) is 0 Å². The van der Waals surface area contributed by atoms with Crippen molar-refractivity contribution in [2.24, 2.45) is 0 Å². The standard InChI is InChI=1S/C13H15NO5/c15-12(13(16)7-18-8-13)14-9-1-3-10(4-2-9)19-11-5-17-6-11/h1-4,11,16H,5-8H2,(H,14,15). The second-order valence-corrected chi connectivity index (χ2v) is 4.78. The Kier molecular flexibility index (Phi) is 3.14. The summed E-state index contributed by atoms with van der Waals surface area (Å²) in [6.45, 7) is 1.32. The predicted octanol–water partition coefficient (Wildman–Crippen LogP) is 0.164. The predicted molar refractivity (Wildman–Crippen MR) is 66.1 cm³/mol. The van der Waals surface area contributed by atoms with Gasteiger partial charge in [-0.05, 0) is 24.3 Å². The van der Waals surface area contributed by atoms with Gasteiger partial charge in [-0.15, -0.1) is 0 Å². The lowest BCUT2D eigenvalue weighted by Gasteiger charge is -2.34. The fourth-order valence-corrected chi connectivity index (χ4v) is 1.77. The van der Waals surface area contributed by atoms with Gasteiger partial charge in [0.1, 0.15) is 11.9 Å². The largest absolute Gasteiger partial charge is 0.486 e. The van der Waals surface area contributed by atoms with Crippen molar-refractivity contribution in [3.8, 4) is 5.75 Å². The molecule has 2 saturated heterocycles. The number of hydrogen-bond acceptors (Lipinski definition) is 5. The number of hydrogen-bond donors (Lipinski definition) is 2. The van der Waals surface area contributed by atoms with E-state index in [2.05, 4.69) is 5.32 Å². The number of rotatable bonds is 4. The van der Waals surface area contributed by atoms with Crippen LogP contribution in [-0.2, 0) is 14.3 Å². The van der Waals surface area contributed by atoms with E-state index < -0.39 is 11.5 Å². The van der Waals surface area contributed by atoms with Crippen LogP contribution in [0.25, 0.3) is 0 Å². The topological polar surface area (TPSA) is 77.0 Å². The minimum atomic E-state index is -1.39. The molecular formula is C13H15NO5. The summed E-state index contributed by atoms with van der Waals surface area (Å²) in [6, 6.07) is 7.01. The average molecular weight is 265 g/mol. The van der Waals surface area contributed by atoms with Crippen molar-refractivity contribution in [1.29, 1.82) is 0 Å². The summed E-state index contributed by atoms with van der Waals surface area (Å²) < 4.78 is 15.5. The van der Waals surface area contributed by atoms with E-state index in [1.807, 2.05) is 0 Å². The Morgan fingerprint density at radius 2 is 1.95 bits per heavy atom. The number of carbonyl (C=O) groups excluding carboxylic acids is 1. The van der Waals surface area contributed by atoms with Gasteiger partial charge in [0.2, 0.25) is 0 Å². The van der Waals surface area contributed by atoms with Gasteiger partial charge in [0, 0.05) is 5.69 Å². The molecule has 0 aliphatic carbocycles. The molecule has 1 aromatic rings. The summed E-state index contributed by atoms with van der Waals surface area (Å²) in [4.78, 5) is 11.7. The summed E-state index contributed by atoms with van der Waals surface area (Å²) in [5.74, 6) is 0.289. The fourth-order valence-electron chi connectivity index (χ4n) is 1.77. The number of anilines is 1. The summed E-state index contributed by atoms with van der Waals surface area (Å²) in [5, 5.41) is 12.4. The molecule has 2 N–H and O–H groups in total. The molecule has 2 aliphatic heterocycles. The van der Waals surface area contributed by atoms with Crippen LogP contribution in [0.2, 0.25) is 0 Å². The van der Waals surface area contributed by atoms with E-state index >= 15 is 0 Å². The van der Waals surface area contributed by atoms with E-state index in [1.54, 1.807) is 24.3 Å². The van der Waals surface area contributed by atoms with Crippen LogP contribution in [0.5, 0.6) is 5.75 Å². The Bertz CT molecular complexity index is 464. The highest BCUT2D eigenvalue weighted by molar-refractivity contribution is 5.97. The van der Waals surface area contributed by atoms with Crippen LogP contribution in [0.15, 0.2) is 24.3 Å². The van der Waals surface area contributed by atoms with Gasteiger partial charge in [0.15, 0.2) is 5.60 Å². The maximum atomic E-state index is 11.7. The van der Waals surface area contributed by atoms with Gasteiger partial charge in [0.25, 0.3) is 5.91 Å². The van der Waals surface area contributed by atoms with E-state index in [0.717, 1.165) is 5.75 Å². The van der Waals surface area contributed by atoms with Crippen molar-refractivity contribution >= 4 is 11.6 Å². The molecule has 0 aromatic heterocycles. The zero-order chi connectivity index (χ0) is 13.3. The minimum absolute atomic E-state index is 0.0434. The van der Waals surface area contributed by atoms with Gasteiger partial charge in [-0.2, -0.15) is 0 Å². The quantitative estimate of drug-likeness (QED) is 0.811. The Morgan fingerprint density at radius 1 is 1.26 bits per heavy atom. The maximum absolute atomic E-state index is 11.7. The minimum Gasteiger partial charge on any atom is -0.486 e. The van der Waals surface area contributed by atoms with Gasteiger partial charge in [-0.1, -0.05) is 0 Å².